The first-order chi connectivity index (χ1) is 7.27. The molecule has 0 atom stereocenters. The van der Waals surface area contributed by atoms with Crippen molar-refractivity contribution in [1.29, 1.82) is 0 Å². The summed E-state index contributed by atoms with van der Waals surface area (Å²) < 4.78 is 1.95. The molecule has 0 saturated heterocycles. The van der Waals surface area contributed by atoms with Crippen LogP contribution in [0.5, 0.6) is 0 Å². The van der Waals surface area contributed by atoms with E-state index in [1.54, 1.807) is 12.1 Å². The number of hydrogen-bond acceptors (Lipinski definition) is 2. The number of nitrogens with zero attached hydrogens (tertiary/aromatic N) is 1. The van der Waals surface area contributed by atoms with Gasteiger partial charge >= 0.3 is 7.12 Å². The smallest absolute Gasteiger partial charge is 0.423 e. The molecule has 0 bridgehead atoms. The molecule has 15 heavy (non-hydrogen) atoms. The van der Waals surface area contributed by atoms with Crippen molar-refractivity contribution < 1.29 is 14.6 Å². The fourth-order valence-corrected chi connectivity index (χ4v) is 1.39. The van der Waals surface area contributed by atoms with Gasteiger partial charge in [-0.2, -0.15) is 4.57 Å². The van der Waals surface area contributed by atoms with Crippen molar-refractivity contribution in [2.45, 2.75) is 0 Å². The van der Waals surface area contributed by atoms with Crippen LogP contribution >= 0.6 is 0 Å². The first kappa shape index (κ1) is 9.89. The van der Waals surface area contributed by atoms with Crippen LogP contribution in [0, 0.1) is 0 Å². The highest BCUT2D eigenvalue weighted by Gasteiger charge is 2.11. The van der Waals surface area contributed by atoms with Gasteiger partial charge in [0.25, 0.3) is 0 Å². The lowest BCUT2D eigenvalue weighted by Gasteiger charge is -1.98. The second kappa shape index (κ2) is 4.25. The third-order valence-electron chi connectivity index (χ3n) is 2.20. The van der Waals surface area contributed by atoms with Crippen molar-refractivity contribution in [3.8, 4) is 5.69 Å². The van der Waals surface area contributed by atoms with Crippen LogP contribution in [0.4, 0.5) is 0 Å². The molecule has 0 amide bonds. The third-order valence-corrected chi connectivity index (χ3v) is 2.20. The van der Waals surface area contributed by atoms with Crippen LogP contribution in [0.2, 0.25) is 0 Å². The predicted octanol–water partition coefficient (Wildman–Crippen LogP) is -0.357. The van der Waals surface area contributed by atoms with Crippen LogP contribution < -0.4 is 10.0 Å². The zero-order valence-corrected chi connectivity index (χ0v) is 8.12. The summed E-state index contributed by atoms with van der Waals surface area (Å²) in [5.74, 6) is 0. The van der Waals surface area contributed by atoms with Crippen LogP contribution in [-0.4, -0.2) is 17.2 Å². The lowest BCUT2D eigenvalue weighted by molar-refractivity contribution is -0.595. The quantitative estimate of drug-likeness (QED) is 0.513. The van der Waals surface area contributed by atoms with E-state index in [1.165, 1.54) is 0 Å². The van der Waals surface area contributed by atoms with Crippen molar-refractivity contribution >= 4 is 12.6 Å². The van der Waals surface area contributed by atoms with Gasteiger partial charge in [0.15, 0.2) is 12.4 Å². The second-order valence-corrected chi connectivity index (χ2v) is 3.25. The Bertz CT molecular complexity index is 428. The standard InChI is InChI=1S/C11H11BNO2/c14-12(15)10-4-6-11(7-5-10)13-8-2-1-3-9-13/h1-9,14-15H/q+1. The average molecular weight is 200 g/mol. The maximum absolute atomic E-state index is 8.93. The molecular weight excluding hydrogens is 189 g/mol. The number of pyridine rings is 1. The molecule has 2 N–H and O–H groups in total. The lowest BCUT2D eigenvalue weighted by atomic mass is 9.80. The predicted molar refractivity (Wildman–Crippen MR) is 57.8 cm³/mol. The molecule has 74 valence electrons. The highest BCUT2D eigenvalue weighted by Crippen LogP contribution is 1.96. The molecule has 0 unspecified atom stereocenters. The van der Waals surface area contributed by atoms with E-state index in [0.717, 1.165) is 5.69 Å². The van der Waals surface area contributed by atoms with Gasteiger partial charge in [0.05, 0.1) is 0 Å². The molecule has 0 saturated carbocycles. The minimum absolute atomic E-state index is 0.496. The van der Waals surface area contributed by atoms with Gasteiger partial charge in [-0.3, -0.25) is 0 Å². The van der Waals surface area contributed by atoms with Gasteiger partial charge in [0.2, 0.25) is 5.69 Å². The summed E-state index contributed by atoms with van der Waals surface area (Å²) in [5.41, 5.74) is 1.48. The Balaban J connectivity index is 2.32. The topological polar surface area (TPSA) is 44.3 Å². The monoisotopic (exact) mass is 200 g/mol. The van der Waals surface area contributed by atoms with Gasteiger partial charge in [0.1, 0.15) is 0 Å². The zero-order chi connectivity index (χ0) is 10.7. The number of benzene rings is 1. The third kappa shape index (κ3) is 2.23. The van der Waals surface area contributed by atoms with Gasteiger partial charge < -0.3 is 10.0 Å². The maximum atomic E-state index is 8.93. The molecule has 4 heteroatoms. The number of aromatic nitrogens is 1. The summed E-state index contributed by atoms with van der Waals surface area (Å²) in [4.78, 5) is 0. The highest BCUT2D eigenvalue weighted by molar-refractivity contribution is 6.58. The highest BCUT2D eigenvalue weighted by atomic mass is 16.4. The van der Waals surface area contributed by atoms with Crippen LogP contribution in [0.3, 0.4) is 0 Å². The van der Waals surface area contributed by atoms with Crippen molar-refractivity contribution in [3.05, 3.63) is 54.9 Å². The molecule has 0 aliphatic rings. The van der Waals surface area contributed by atoms with E-state index in [0.29, 0.717) is 5.46 Å². The van der Waals surface area contributed by atoms with E-state index in [2.05, 4.69) is 0 Å². The molecule has 2 rings (SSSR count). The molecular formula is C11H11BNO2+. The van der Waals surface area contributed by atoms with Gasteiger partial charge in [0, 0.05) is 24.3 Å². The van der Waals surface area contributed by atoms with Crippen LogP contribution in [0.25, 0.3) is 5.69 Å². The van der Waals surface area contributed by atoms with Crippen LogP contribution in [-0.2, 0) is 0 Å². The Labute approximate surface area is 88.4 Å². The molecule has 0 aliphatic heterocycles. The molecule has 0 radical (unpaired) electrons. The lowest BCUT2D eigenvalue weighted by Crippen LogP contribution is -2.32. The molecule has 2 aromatic rings. The van der Waals surface area contributed by atoms with Crippen LogP contribution in [0.1, 0.15) is 0 Å². The largest absolute Gasteiger partial charge is 0.488 e. The zero-order valence-electron chi connectivity index (χ0n) is 8.12. The van der Waals surface area contributed by atoms with Crippen molar-refractivity contribution in [3.63, 3.8) is 0 Å². The Morgan fingerprint density at radius 3 is 2.00 bits per heavy atom. The minimum atomic E-state index is -1.40. The summed E-state index contributed by atoms with van der Waals surface area (Å²) >= 11 is 0. The molecule has 1 aromatic heterocycles. The molecule has 1 heterocycles. The number of hydrogen-bond donors (Lipinski definition) is 2. The Hall–Kier alpha value is -1.65. The SMILES string of the molecule is OB(O)c1ccc(-[n+]2ccccc2)cc1. The normalized spacial score (nSPS) is 10.0. The van der Waals surface area contributed by atoms with E-state index in [9.17, 15) is 0 Å². The molecule has 0 fully saturated rings. The summed E-state index contributed by atoms with van der Waals surface area (Å²) in [6.07, 6.45) is 3.87. The van der Waals surface area contributed by atoms with Crippen molar-refractivity contribution in [2.75, 3.05) is 0 Å². The Morgan fingerprint density at radius 1 is 0.867 bits per heavy atom. The minimum Gasteiger partial charge on any atom is -0.423 e. The Kier molecular flexibility index (Phi) is 2.80. The van der Waals surface area contributed by atoms with E-state index in [-0.39, 0.29) is 0 Å². The van der Waals surface area contributed by atoms with E-state index in [1.807, 2.05) is 47.3 Å². The summed E-state index contributed by atoms with van der Waals surface area (Å²) in [6, 6.07) is 12.9. The van der Waals surface area contributed by atoms with E-state index >= 15 is 0 Å². The molecule has 3 nitrogen and oxygen atoms in total. The first-order valence-corrected chi connectivity index (χ1v) is 4.70. The molecule has 0 aliphatic carbocycles. The van der Waals surface area contributed by atoms with Gasteiger partial charge in [-0.05, 0) is 5.46 Å². The van der Waals surface area contributed by atoms with Crippen LogP contribution in [0.15, 0.2) is 54.9 Å². The second-order valence-electron chi connectivity index (χ2n) is 3.25. The molecule has 1 aromatic carbocycles. The van der Waals surface area contributed by atoms with E-state index in [4.69, 9.17) is 10.0 Å². The van der Waals surface area contributed by atoms with Crippen molar-refractivity contribution in [2.24, 2.45) is 0 Å². The van der Waals surface area contributed by atoms with Gasteiger partial charge in [-0.1, -0.05) is 18.2 Å². The summed E-state index contributed by atoms with van der Waals surface area (Å²) in [7, 11) is -1.40. The average Bonchev–Trinajstić information content (AvgIpc) is 2.30. The fraction of sp³-hybridized carbons (Fsp3) is 0. The van der Waals surface area contributed by atoms with Gasteiger partial charge in [-0.15, -0.1) is 0 Å². The molecule has 0 spiro atoms. The first-order valence-electron chi connectivity index (χ1n) is 4.70. The summed E-state index contributed by atoms with van der Waals surface area (Å²) in [5, 5.41) is 17.9. The maximum Gasteiger partial charge on any atom is 0.488 e. The van der Waals surface area contributed by atoms with Crippen molar-refractivity contribution in [1.82, 2.24) is 0 Å². The van der Waals surface area contributed by atoms with Gasteiger partial charge in [-0.25, -0.2) is 0 Å². The Morgan fingerprint density at radius 2 is 1.47 bits per heavy atom. The van der Waals surface area contributed by atoms with E-state index < -0.39 is 7.12 Å². The summed E-state index contributed by atoms with van der Waals surface area (Å²) in [6.45, 7) is 0. The number of rotatable bonds is 2. The fourth-order valence-electron chi connectivity index (χ4n) is 1.39.